The van der Waals surface area contributed by atoms with Gasteiger partial charge in [0.25, 0.3) is 0 Å². The molecule has 0 unspecified atom stereocenters. The fourth-order valence-corrected chi connectivity index (χ4v) is 2.46. The third-order valence-corrected chi connectivity index (χ3v) is 3.74. The van der Waals surface area contributed by atoms with Crippen LogP contribution in [-0.4, -0.2) is 20.7 Å². The Morgan fingerprint density at radius 1 is 1.43 bits per heavy atom. The normalized spacial score (nSPS) is 11.4. The topological polar surface area (TPSA) is 59.8 Å². The molecule has 0 aliphatic rings. The second-order valence-electron chi connectivity index (χ2n) is 5.88. The molecule has 2 rings (SSSR count). The lowest BCUT2D eigenvalue weighted by molar-refractivity contribution is -0.111. The summed E-state index contributed by atoms with van der Waals surface area (Å²) in [7, 11) is 0. The number of nitrogens with zero attached hydrogens (tertiary/aromatic N) is 3. The first-order chi connectivity index (χ1) is 10.9. The van der Waals surface area contributed by atoms with Gasteiger partial charge in [0.15, 0.2) is 0 Å². The van der Waals surface area contributed by atoms with Gasteiger partial charge < -0.3 is 5.32 Å². The Bertz CT molecular complexity index is 734. The summed E-state index contributed by atoms with van der Waals surface area (Å²) in [5.74, 6) is 0.216. The summed E-state index contributed by atoms with van der Waals surface area (Å²) in [5.41, 5.74) is 3.23. The molecule has 122 valence electrons. The second kappa shape index (κ2) is 7.42. The molecule has 0 fully saturated rings. The van der Waals surface area contributed by atoms with Crippen LogP contribution in [0.25, 0.3) is 6.08 Å². The van der Waals surface area contributed by atoms with Crippen LogP contribution in [0.3, 0.4) is 0 Å². The van der Waals surface area contributed by atoms with Crippen LogP contribution in [-0.2, 0) is 11.3 Å². The predicted molar refractivity (Wildman–Crippen MR) is 93.4 cm³/mol. The highest BCUT2D eigenvalue weighted by molar-refractivity contribution is 6.31. The third kappa shape index (κ3) is 4.42. The Balaban J connectivity index is 2.12. The Labute approximate surface area is 141 Å². The summed E-state index contributed by atoms with van der Waals surface area (Å²) < 4.78 is 1.77. The maximum absolute atomic E-state index is 12.0. The van der Waals surface area contributed by atoms with E-state index in [0.29, 0.717) is 16.8 Å². The largest absolute Gasteiger partial charge is 0.321 e. The first-order valence-electron chi connectivity index (χ1n) is 7.51. The molecule has 0 saturated heterocycles. The van der Waals surface area contributed by atoms with E-state index in [1.54, 1.807) is 23.2 Å². The zero-order valence-corrected chi connectivity index (χ0v) is 14.6. The number of amides is 1. The highest BCUT2D eigenvalue weighted by atomic mass is 35.5. The zero-order valence-electron chi connectivity index (χ0n) is 13.8. The van der Waals surface area contributed by atoms with Crippen molar-refractivity contribution in [2.45, 2.75) is 34.2 Å². The number of anilines is 1. The SMILES string of the molecule is Cc1ccncc1NC(=O)/C=C/c1c(C)nn(CC(C)C)c1Cl. The lowest BCUT2D eigenvalue weighted by Gasteiger charge is -2.05. The van der Waals surface area contributed by atoms with Crippen LogP contribution in [0.5, 0.6) is 0 Å². The number of aromatic nitrogens is 3. The minimum atomic E-state index is -0.229. The monoisotopic (exact) mass is 332 g/mol. The first kappa shape index (κ1) is 17.2. The number of carbonyl (C=O) groups is 1. The maximum Gasteiger partial charge on any atom is 0.248 e. The molecule has 0 aromatic carbocycles. The van der Waals surface area contributed by atoms with E-state index >= 15 is 0 Å². The summed E-state index contributed by atoms with van der Waals surface area (Å²) in [6.45, 7) is 8.75. The first-order valence-corrected chi connectivity index (χ1v) is 7.89. The van der Waals surface area contributed by atoms with E-state index in [2.05, 4.69) is 29.2 Å². The summed E-state index contributed by atoms with van der Waals surface area (Å²) in [5, 5.41) is 7.77. The van der Waals surface area contributed by atoms with Crippen molar-refractivity contribution >= 4 is 29.3 Å². The Hall–Kier alpha value is -2.14. The molecule has 0 aliphatic carbocycles. The van der Waals surface area contributed by atoms with Crippen molar-refractivity contribution in [3.05, 3.63) is 46.5 Å². The molecule has 2 aromatic rings. The van der Waals surface area contributed by atoms with E-state index in [1.807, 2.05) is 19.9 Å². The molecule has 23 heavy (non-hydrogen) atoms. The van der Waals surface area contributed by atoms with Crippen LogP contribution in [0.2, 0.25) is 5.15 Å². The van der Waals surface area contributed by atoms with Crippen molar-refractivity contribution in [2.24, 2.45) is 5.92 Å². The Morgan fingerprint density at radius 3 is 2.83 bits per heavy atom. The standard InChI is InChI=1S/C17H21ClN4O/c1-11(2)10-22-17(18)14(13(4)21-22)5-6-16(23)20-15-9-19-8-7-12(15)3/h5-9,11H,10H2,1-4H3,(H,20,23)/b6-5+. The van der Waals surface area contributed by atoms with Crippen LogP contribution >= 0.6 is 11.6 Å². The second-order valence-corrected chi connectivity index (χ2v) is 6.24. The van der Waals surface area contributed by atoms with Crippen molar-refractivity contribution in [1.29, 1.82) is 0 Å². The minimum absolute atomic E-state index is 0.229. The van der Waals surface area contributed by atoms with E-state index in [0.717, 1.165) is 23.4 Å². The van der Waals surface area contributed by atoms with Gasteiger partial charge in [-0.15, -0.1) is 0 Å². The number of carbonyl (C=O) groups excluding carboxylic acids is 1. The fourth-order valence-electron chi connectivity index (χ4n) is 2.15. The highest BCUT2D eigenvalue weighted by Gasteiger charge is 2.12. The smallest absolute Gasteiger partial charge is 0.248 e. The number of pyridine rings is 1. The van der Waals surface area contributed by atoms with Crippen LogP contribution in [0.1, 0.15) is 30.7 Å². The fraction of sp³-hybridized carbons (Fsp3) is 0.353. The molecular formula is C17H21ClN4O. The third-order valence-electron chi connectivity index (χ3n) is 3.35. The molecule has 0 bridgehead atoms. The average molecular weight is 333 g/mol. The Morgan fingerprint density at radius 2 is 2.17 bits per heavy atom. The number of aryl methyl sites for hydroxylation is 2. The van der Waals surface area contributed by atoms with Gasteiger partial charge in [0, 0.05) is 24.4 Å². The van der Waals surface area contributed by atoms with E-state index in [9.17, 15) is 4.79 Å². The van der Waals surface area contributed by atoms with Crippen molar-refractivity contribution < 1.29 is 4.79 Å². The van der Waals surface area contributed by atoms with Gasteiger partial charge in [-0.1, -0.05) is 25.4 Å². The molecular weight excluding hydrogens is 312 g/mol. The van der Waals surface area contributed by atoms with E-state index < -0.39 is 0 Å². The van der Waals surface area contributed by atoms with Gasteiger partial charge in [-0.3, -0.25) is 14.5 Å². The highest BCUT2D eigenvalue weighted by Crippen LogP contribution is 2.22. The zero-order chi connectivity index (χ0) is 17.0. The summed E-state index contributed by atoms with van der Waals surface area (Å²) >= 11 is 6.35. The molecule has 0 atom stereocenters. The van der Waals surface area contributed by atoms with Crippen LogP contribution in [0, 0.1) is 19.8 Å². The predicted octanol–water partition coefficient (Wildman–Crippen LogP) is 3.86. The molecule has 0 aliphatic heterocycles. The van der Waals surface area contributed by atoms with Crippen LogP contribution in [0.15, 0.2) is 24.5 Å². The number of nitrogens with one attached hydrogen (secondary N) is 1. The lowest BCUT2D eigenvalue weighted by Crippen LogP contribution is -2.09. The van der Waals surface area contributed by atoms with Crippen molar-refractivity contribution in [2.75, 3.05) is 5.32 Å². The van der Waals surface area contributed by atoms with Gasteiger partial charge in [0.2, 0.25) is 5.91 Å². The summed E-state index contributed by atoms with van der Waals surface area (Å²) in [4.78, 5) is 16.1. The van der Waals surface area contributed by atoms with Crippen molar-refractivity contribution in [3.63, 3.8) is 0 Å². The van der Waals surface area contributed by atoms with E-state index in [1.165, 1.54) is 6.08 Å². The van der Waals surface area contributed by atoms with E-state index in [-0.39, 0.29) is 5.91 Å². The lowest BCUT2D eigenvalue weighted by atomic mass is 10.2. The van der Waals surface area contributed by atoms with Gasteiger partial charge in [0.1, 0.15) is 5.15 Å². The Kier molecular flexibility index (Phi) is 5.55. The number of hydrogen-bond donors (Lipinski definition) is 1. The van der Waals surface area contributed by atoms with Crippen molar-refractivity contribution in [1.82, 2.24) is 14.8 Å². The molecule has 2 aromatic heterocycles. The molecule has 5 nitrogen and oxygen atoms in total. The maximum atomic E-state index is 12.0. The number of hydrogen-bond acceptors (Lipinski definition) is 3. The minimum Gasteiger partial charge on any atom is -0.321 e. The van der Waals surface area contributed by atoms with Gasteiger partial charge in [-0.25, -0.2) is 0 Å². The van der Waals surface area contributed by atoms with E-state index in [4.69, 9.17) is 11.6 Å². The van der Waals surface area contributed by atoms with Gasteiger partial charge in [-0.05, 0) is 37.5 Å². The molecule has 0 saturated carbocycles. The molecule has 2 heterocycles. The quantitative estimate of drug-likeness (QED) is 0.846. The summed E-state index contributed by atoms with van der Waals surface area (Å²) in [6, 6.07) is 1.84. The molecule has 0 spiro atoms. The van der Waals surface area contributed by atoms with Gasteiger partial charge in [0.05, 0.1) is 17.6 Å². The van der Waals surface area contributed by atoms with Gasteiger partial charge >= 0.3 is 0 Å². The van der Waals surface area contributed by atoms with Crippen molar-refractivity contribution in [3.8, 4) is 0 Å². The molecule has 1 amide bonds. The number of rotatable bonds is 5. The molecule has 6 heteroatoms. The van der Waals surface area contributed by atoms with Crippen LogP contribution < -0.4 is 5.32 Å². The van der Waals surface area contributed by atoms with Gasteiger partial charge in [-0.2, -0.15) is 5.10 Å². The number of halogens is 1. The average Bonchev–Trinajstić information content (AvgIpc) is 2.73. The molecule has 0 radical (unpaired) electrons. The summed E-state index contributed by atoms with van der Waals surface area (Å²) in [6.07, 6.45) is 6.47. The van der Waals surface area contributed by atoms with Crippen LogP contribution in [0.4, 0.5) is 5.69 Å². The molecule has 1 N–H and O–H groups in total.